The second-order valence-electron chi connectivity index (χ2n) is 5.73. The molecule has 0 saturated heterocycles. The SMILES string of the molecule is NS(=O)(=O)c1ccc(OC(F)(F)F)c(NC(=S)Nc2cccc3cnccc23)c1. The second kappa shape index (κ2) is 7.81. The molecule has 0 fully saturated rings. The number of alkyl halides is 3. The van der Waals surface area contributed by atoms with Crippen molar-refractivity contribution < 1.29 is 26.3 Å². The first kappa shape index (κ1) is 20.8. The number of benzene rings is 2. The standard InChI is InChI=1S/C17H13F3N4O3S2/c18-17(19,20)27-15-5-4-11(29(21,25)26)8-14(15)24-16(28)23-13-3-1-2-10-9-22-7-6-12(10)13/h1-9H,(H2,21,25,26)(H2,23,24,28). The Morgan fingerprint density at radius 1 is 1.10 bits per heavy atom. The van der Waals surface area contributed by atoms with Crippen molar-refractivity contribution >= 4 is 49.5 Å². The minimum absolute atomic E-state index is 0.0899. The Morgan fingerprint density at radius 2 is 1.83 bits per heavy atom. The van der Waals surface area contributed by atoms with Gasteiger partial charge in [0.05, 0.1) is 10.6 Å². The van der Waals surface area contributed by atoms with E-state index in [9.17, 15) is 21.6 Å². The van der Waals surface area contributed by atoms with E-state index in [1.54, 1.807) is 30.6 Å². The van der Waals surface area contributed by atoms with E-state index in [0.29, 0.717) is 5.69 Å². The Hall–Kier alpha value is -2.96. The molecule has 7 nitrogen and oxygen atoms in total. The van der Waals surface area contributed by atoms with Crippen molar-refractivity contribution in [1.29, 1.82) is 0 Å². The zero-order chi connectivity index (χ0) is 21.2. The summed E-state index contributed by atoms with van der Waals surface area (Å²) in [6, 6.07) is 9.66. The normalized spacial score (nSPS) is 11.9. The van der Waals surface area contributed by atoms with Gasteiger partial charge in [0, 0.05) is 28.9 Å². The highest BCUT2D eigenvalue weighted by Crippen LogP contribution is 2.32. The van der Waals surface area contributed by atoms with Crippen LogP contribution in [0.1, 0.15) is 0 Å². The number of thiocarbonyl (C=S) groups is 1. The molecule has 2 aromatic carbocycles. The summed E-state index contributed by atoms with van der Waals surface area (Å²) in [5.74, 6) is -0.670. The Labute approximate surface area is 168 Å². The van der Waals surface area contributed by atoms with E-state index in [2.05, 4.69) is 20.4 Å². The van der Waals surface area contributed by atoms with Gasteiger partial charge in [-0.15, -0.1) is 13.2 Å². The number of hydrogen-bond acceptors (Lipinski definition) is 5. The summed E-state index contributed by atoms with van der Waals surface area (Å²) in [4.78, 5) is 3.60. The van der Waals surface area contributed by atoms with Gasteiger partial charge >= 0.3 is 6.36 Å². The van der Waals surface area contributed by atoms with Crippen LogP contribution in [-0.4, -0.2) is 24.9 Å². The monoisotopic (exact) mass is 442 g/mol. The molecule has 0 aliphatic rings. The molecule has 4 N–H and O–H groups in total. The van der Waals surface area contributed by atoms with Gasteiger partial charge in [0.25, 0.3) is 0 Å². The smallest absolute Gasteiger partial charge is 0.404 e. The quantitative estimate of drug-likeness (QED) is 0.530. The third-order valence-corrected chi connectivity index (χ3v) is 4.80. The highest BCUT2D eigenvalue weighted by Gasteiger charge is 2.32. The van der Waals surface area contributed by atoms with Crippen molar-refractivity contribution in [3.05, 3.63) is 54.9 Å². The first-order valence-electron chi connectivity index (χ1n) is 7.86. The molecule has 0 spiro atoms. The minimum Gasteiger partial charge on any atom is -0.404 e. The predicted octanol–water partition coefficient (Wildman–Crippen LogP) is 3.59. The predicted molar refractivity (Wildman–Crippen MR) is 106 cm³/mol. The molecule has 152 valence electrons. The lowest BCUT2D eigenvalue weighted by Crippen LogP contribution is -2.23. The van der Waals surface area contributed by atoms with Gasteiger partial charge in [-0.3, -0.25) is 4.98 Å². The fourth-order valence-corrected chi connectivity index (χ4v) is 3.26. The third-order valence-electron chi connectivity index (χ3n) is 3.68. The number of nitrogens with one attached hydrogen (secondary N) is 2. The number of ether oxygens (including phenoxy) is 1. The number of nitrogens with zero attached hydrogens (tertiary/aromatic N) is 1. The Balaban J connectivity index is 1.91. The molecule has 1 aromatic heterocycles. The lowest BCUT2D eigenvalue weighted by molar-refractivity contribution is -0.274. The van der Waals surface area contributed by atoms with E-state index >= 15 is 0 Å². The average Bonchev–Trinajstić information content (AvgIpc) is 2.61. The van der Waals surface area contributed by atoms with Crippen LogP contribution in [0.5, 0.6) is 5.75 Å². The highest BCUT2D eigenvalue weighted by atomic mass is 32.2. The van der Waals surface area contributed by atoms with Gasteiger partial charge in [-0.25, -0.2) is 13.6 Å². The maximum Gasteiger partial charge on any atom is 0.573 e. The molecule has 0 bridgehead atoms. The number of hydrogen-bond donors (Lipinski definition) is 3. The number of primary sulfonamides is 1. The third kappa shape index (κ3) is 5.31. The zero-order valence-corrected chi connectivity index (χ0v) is 16.0. The Kier molecular flexibility index (Phi) is 5.59. The minimum atomic E-state index is -4.99. The van der Waals surface area contributed by atoms with Gasteiger partial charge in [-0.2, -0.15) is 0 Å². The number of sulfonamides is 1. The van der Waals surface area contributed by atoms with E-state index in [0.717, 1.165) is 29.0 Å². The number of aromatic nitrogens is 1. The summed E-state index contributed by atoms with van der Waals surface area (Å²) in [5, 5.41) is 11.9. The number of anilines is 2. The first-order chi connectivity index (χ1) is 13.5. The van der Waals surface area contributed by atoms with Crippen LogP contribution in [0, 0.1) is 0 Å². The Morgan fingerprint density at radius 3 is 2.52 bits per heavy atom. The lowest BCUT2D eigenvalue weighted by Gasteiger charge is -2.17. The van der Waals surface area contributed by atoms with Crippen LogP contribution in [0.15, 0.2) is 59.8 Å². The number of pyridine rings is 1. The molecule has 0 saturated carbocycles. The largest absolute Gasteiger partial charge is 0.573 e. The van der Waals surface area contributed by atoms with E-state index in [1.807, 2.05) is 6.07 Å². The van der Waals surface area contributed by atoms with Crippen molar-refractivity contribution in [2.45, 2.75) is 11.3 Å². The van der Waals surface area contributed by atoms with E-state index in [-0.39, 0.29) is 10.8 Å². The molecule has 0 amide bonds. The fraction of sp³-hybridized carbons (Fsp3) is 0.0588. The Bertz CT molecular complexity index is 1180. The van der Waals surface area contributed by atoms with Gasteiger partial charge in [-0.1, -0.05) is 12.1 Å². The van der Waals surface area contributed by atoms with Gasteiger partial charge in [0.2, 0.25) is 10.0 Å². The molecule has 3 aromatic rings. The van der Waals surface area contributed by atoms with Crippen molar-refractivity contribution in [3.63, 3.8) is 0 Å². The average molecular weight is 442 g/mol. The molecular formula is C17H13F3N4O3S2. The topological polar surface area (TPSA) is 106 Å². The van der Waals surface area contributed by atoms with Crippen molar-refractivity contribution in [2.75, 3.05) is 10.6 Å². The zero-order valence-electron chi connectivity index (χ0n) is 14.4. The van der Waals surface area contributed by atoms with Gasteiger partial charge < -0.3 is 15.4 Å². The molecule has 29 heavy (non-hydrogen) atoms. The van der Waals surface area contributed by atoms with Gasteiger partial charge in [0.1, 0.15) is 0 Å². The summed E-state index contributed by atoms with van der Waals surface area (Å²) in [6.07, 6.45) is -1.77. The van der Waals surface area contributed by atoms with Crippen LogP contribution in [-0.2, 0) is 10.0 Å². The molecule has 3 rings (SSSR count). The van der Waals surface area contributed by atoms with Crippen molar-refractivity contribution in [2.24, 2.45) is 5.14 Å². The number of nitrogens with two attached hydrogens (primary N) is 1. The number of fused-ring (bicyclic) bond motifs is 1. The maximum atomic E-state index is 12.7. The summed E-state index contributed by atoms with van der Waals surface area (Å²) >= 11 is 5.16. The van der Waals surface area contributed by atoms with Crippen LogP contribution >= 0.6 is 12.2 Å². The molecule has 0 aliphatic heterocycles. The fourth-order valence-electron chi connectivity index (χ4n) is 2.50. The molecule has 12 heteroatoms. The number of halogens is 3. The molecule has 0 unspecified atom stereocenters. The summed E-state index contributed by atoms with van der Waals surface area (Å²) in [5.41, 5.74) is 0.247. The first-order valence-corrected chi connectivity index (χ1v) is 9.82. The van der Waals surface area contributed by atoms with Gasteiger partial charge in [0.15, 0.2) is 10.9 Å². The molecule has 0 atom stereocenters. The molecule has 0 radical (unpaired) electrons. The summed E-state index contributed by atoms with van der Waals surface area (Å²) in [7, 11) is -4.16. The number of rotatable bonds is 4. The maximum absolute atomic E-state index is 12.7. The summed E-state index contributed by atoms with van der Waals surface area (Å²) < 4.78 is 65.0. The van der Waals surface area contributed by atoms with E-state index < -0.39 is 27.0 Å². The molecule has 1 heterocycles. The van der Waals surface area contributed by atoms with Crippen LogP contribution in [0.3, 0.4) is 0 Å². The van der Waals surface area contributed by atoms with Crippen molar-refractivity contribution in [1.82, 2.24) is 4.98 Å². The summed E-state index contributed by atoms with van der Waals surface area (Å²) in [6.45, 7) is 0. The lowest BCUT2D eigenvalue weighted by atomic mass is 10.1. The van der Waals surface area contributed by atoms with Crippen molar-refractivity contribution in [3.8, 4) is 5.75 Å². The van der Waals surface area contributed by atoms with Crippen LogP contribution < -0.4 is 20.5 Å². The van der Waals surface area contributed by atoms with Crippen LogP contribution in [0.4, 0.5) is 24.5 Å². The molecular weight excluding hydrogens is 429 g/mol. The molecule has 0 aliphatic carbocycles. The van der Waals surface area contributed by atoms with Crippen LogP contribution in [0.2, 0.25) is 0 Å². The van der Waals surface area contributed by atoms with E-state index in [1.165, 1.54) is 0 Å². The van der Waals surface area contributed by atoms with Gasteiger partial charge in [-0.05, 0) is 42.5 Å². The van der Waals surface area contributed by atoms with E-state index in [4.69, 9.17) is 17.4 Å². The second-order valence-corrected chi connectivity index (χ2v) is 7.70. The van der Waals surface area contributed by atoms with Crippen LogP contribution in [0.25, 0.3) is 10.8 Å². The highest BCUT2D eigenvalue weighted by molar-refractivity contribution is 7.89.